The number of nitrogens with zero attached hydrogens (tertiary/aromatic N) is 2. The molecule has 1 heterocycles. The predicted octanol–water partition coefficient (Wildman–Crippen LogP) is 4.81. The zero-order valence-corrected chi connectivity index (χ0v) is 19.4. The Morgan fingerprint density at radius 1 is 1.09 bits per heavy atom. The van der Waals surface area contributed by atoms with Crippen molar-refractivity contribution in [2.75, 3.05) is 12.9 Å². The zero-order chi connectivity index (χ0) is 22.7. The number of aryl methyl sites for hydroxylation is 1. The van der Waals surface area contributed by atoms with Crippen molar-refractivity contribution >= 4 is 33.2 Å². The molecule has 32 heavy (non-hydrogen) atoms. The first-order valence-electron chi connectivity index (χ1n) is 10.1. The molecule has 8 heteroatoms. The average molecular weight is 466 g/mol. The van der Waals surface area contributed by atoms with E-state index in [4.69, 9.17) is 17.0 Å². The van der Waals surface area contributed by atoms with Crippen molar-refractivity contribution in [2.45, 2.75) is 18.6 Å². The van der Waals surface area contributed by atoms with Crippen LogP contribution in [-0.2, 0) is 20.2 Å². The fraction of sp³-hybridized carbons (Fsp3) is 0.208. The van der Waals surface area contributed by atoms with E-state index in [0.29, 0.717) is 0 Å². The molecule has 0 saturated carbocycles. The lowest BCUT2D eigenvalue weighted by Crippen LogP contribution is -2.30. The maximum Gasteiger partial charge on any atom is 0.413 e. The van der Waals surface area contributed by atoms with E-state index in [1.807, 2.05) is 55.5 Å². The van der Waals surface area contributed by atoms with Gasteiger partial charge in [-0.25, -0.2) is 9.00 Å². The number of rotatable bonds is 4. The van der Waals surface area contributed by atoms with Gasteiger partial charge in [-0.15, -0.1) is 0 Å². The lowest BCUT2D eigenvalue weighted by Gasteiger charge is -2.14. The number of pyridine rings is 1. The summed E-state index contributed by atoms with van der Waals surface area (Å²) in [7, 11) is -2.68. The second-order valence-electron chi connectivity index (χ2n) is 7.76. The normalized spacial score (nSPS) is 14.1. The first-order chi connectivity index (χ1) is 15.3. The minimum Gasteiger partial charge on any atom is -0.448 e. The Morgan fingerprint density at radius 2 is 1.72 bits per heavy atom. The van der Waals surface area contributed by atoms with Crippen molar-refractivity contribution < 1.29 is 13.7 Å². The molecule has 1 N–H and O–H groups in total. The minimum absolute atomic E-state index is 0.0527. The van der Waals surface area contributed by atoms with Crippen LogP contribution in [0.4, 0.5) is 4.79 Å². The first-order valence-corrected chi connectivity index (χ1v) is 12.6. The van der Waals surface area contributed by atoms with Gasteiger partial charge in [0.25, 0.3) is 0 Å². The van der Waals surface area contributed by atoms with E-state index >= 15 is 0 Å². The fourth-order valence-electron chi connectivity index (χ4n) is 3.85. The molecule has 1 unspecified atom stereocenters. The van der Waals surface area contributed by atoms with Crippen LogP contribution in [0.2, 0.25) is 0 Å². The topological polar surface area (TPSA) is 80.7 Å². The minimum atomic E-state index is -2.68. The Hall–Kier alpha value is -3.10. The Kier molecular flexibility index (Phi) is 6.34. The maximum atomic E-state index is 12.8. The second-order valence-corrected chi connectivity index (χ2v) is 10.5. The molecule has 164 valence electrons. The quantitative estimate of drug-likeness (QED) is 0.559. The van der Waals surface area contributed by atoms with Gasteiger partial charge in [-0.3, -0.25) is 10.3 Å². The largest absolute Gasteiger partial charge is 0.448 e. The van der Waals surface area contributed by atoms with Crippen LogP contribution in [0.5, 0.6) is 0 Å². The summed E-state index contributed by atoms with van der Waals surface area (Å²) in [4.78, 5) is 16.5. The summed E-state index contributed by atoms with van der Waals surface area (Å²) in [5, 5.41) is 2.25. The molecule has 1 aliphatic carbocycles. The molecular weight excluding hydrogens is 442 g/mol. The van der Waals surface area contributed by atoms with Crippen molar-refractivity contribution in [3.05, 3.63) is 89.2 Å². The van der Waals surface area contributed by atoms with Gasteiger partial charge in [-0.2, -0.15) is 4.36 Å². The van der Waals surface area contributed by atoms with E-state index in [2.05, 4.69) is 26.8 Å². The van der Waals surface area contributed by atoms with E-state index in [9.17, 15) is 9.00 Å². The van der Waals surface area contributed by atoms with Gasteiger partial charge in [-0.1, -0.05) is 54.6 Å². The third-order valence-electron chi connectivity index (χ3n) is 5.24. The molecule has 0 aliphatic heterocycles. The number of hydrogen-bond acceptors (Lipinski definition) is 5. The number of nitrogens with one attached hydrogen (secondary N) is 1. The van der Waals surface area contributed by atoms with Gasteiger partial charge in [-0.05, 0) is 53.0 Å². The van der Waals surface area contributed by atoms with Gasteiger partial charge in [0.05, 0.1) is 15.5 Å². The fourth-order valence-corrected chi connectivity index (χ4v) is 5.65. The molecule has 1 atom stereocenters. The third-order valence-corrected chi connectivity index (χ3v) is 6.98. The number of alkyl carbamates (subject to hydrolysis) is 1. The van der Waals surface area contributed by atoms with Crippen molar-refractivity contribution in [1.82, 2.24) is 10.3 Å². The average Bonchev–Trinajstić information content (AvgIpc) is 3.07. The molecule has 3 aromatic rings. The summed E-state index contributed by atoms with van der Waals surface area (Å²) < 4.78 is 22.3. The Balaban J connectivity index is 1.39. The molecule has 0 radical (unpaired) electrons. The van der Waals surface area contributed by atoms with E-state index < -0.39 is 15.8 Å². The summed E-state index contributed by atoms with van der Waals surface area (Å²) in [6.45, 7) is 2.05. The smallest absolute Gasteiger partial charge is 0.413 e. The van der Waals surface area contributed by atoms with Crippen molar-refractivity contribution in [3.63, 3.8) is 0 Å². The number of hydrogen-bond donors (Lipinski definition) is 1. The summed E-state index contributed by atoms with van der Waals surface area (Å²) in [5.41, 5.74) is 6.21. The predicted molar refractivity (Wildman–Crippen MR) is 130 cm³/mol. The Bertz CT molecular complexity index is 1250. The molecule has 1 aromatic heterocycles. The van der Waals surface area contributed by atoms with E-state index in [0.717, 1.165) is 33.5 Å². The molecule has 4 rings (SSSR count). The van der Waals surface area contributed by atoms with Gasteiger partial charge in [0.15, 0.2) is 0 Å². The zero-order valence-electron chi connectivity index (χ0n) is 17.8. The number of benzene rings is 2. The highest BCUT2D eigenvalue weighted by molar-refractivity contribution is 7.93. The molecule has 6 nitrogen and oxygen atoms in total. The Labute approximate surface area is 193 Å². The van der Waals surface area contributed by atoms with Gasteiger partial charge < -0.3 is 4.74 Å². The summed E-state index contributed by atoms with van der Waals surface area (Å²) in [6, 6.07) is 19.9. The monoisotopic (exact) mass is 465 g/mol. The van der Waals surface area contributed by atoms with Crippen LogP contribution in [-0.4, -0.2) is 33.3 Å². The van der Waals surface area contributed by atoms with Gasteiger partial charge in [0, 0.05) is 24.1 Å². The van der Waals surface area contributed by atoms with Gasteiger partial charge >= 0.3 is 6.09 Å². The van der Waals surface area contributed by atoms with Crippen LogP contribution in [0.25, 0.3) is 11.1 Å². The van der Waals surface area contributed by atoms with Crippen molar-refractivity contribution in [2.24, 2.45) is 4.36 Å². The van der Waals surface area contributed by atoms with Crippen LogP contribution in [0.3, 0.4) is 0 Å². The molecule has 1 aliphatic rings. The lowest BCUT2D eigenvalue weighted by atomic mass is 9.98. The summed E-state index contributed by atoms with van der Waals surface area (Å²) in [6.07, 6.45) is 2.45. The number of fused-ring (bicyclic) bond motifs is 3. The molecule has 2 aromatic carbocycles. The maximum absolute atomic E-state index is 12.8. The van der Waals surface area contributed by atoms with Crippen LogP contribution < -0.4 is 5.32 Å². The van der Waals surface area contributed by atoms with Crippen LogP contribution >= 0.6 is 12.2 Å². The molecular formula is C24H23N3O3S2. The van der Waals surface area contributed by atoms with Crippen molar-refractivity contribution in [3.8, 4) is 11.1 Å². The van der Waals surface area contributed by atoms with E-state index in [1.54, 1.807) is 6.20 Å². The number of thiocarbonyl (C=S) groups is 1. The number of carbonyl (C=O) groups excluding carboxylic acids is 1. The Morgan fingerprint density at radius 3 is 2.31 bits per heavy atom. The van der Waals surface area contributed by atoms with E-state index in [1.165, 1.54) is 6.26 Å². The SMILES string of the molecule is Cc1ccc(CS(C)(=O)=NC(=S)NC(=O)OCC2c3ccccc3-c3ccccc32)cn1. The highest BCUT2D eigenvalue weighted by Crippen LogP contribution is 2.44. The number of carbonyl (C=O) groups is 1. The van der Waals surface area contributed by atoms with E-state index in [-0.39, 0.29) is 23.4 Å². The number of amides is 1. The molecule has 0 spiro atoms. The molecule has 0 saturated heterocycles. The summed E-state index contributed by atoms with van der Waals surface area (Å²) >= 11 is 5.12. The molecule has 0 bridgehead atoms. The van der Waals surface area contributed by atoms with Crippen LogP contribution in [0.15, 0.2) is 71.2 Å². The van der Waals surface area contributed by atoms with Gasteiger partial charge in [0.1, 0.15) is 6.61 Å². The number of aromatic nitrogens is 1. The number of ether oxygens (including phenoxy) is 1. The highest BCUT2D eigenvalue weighted by Gasteiger charge is 2.29. The molecule has 1 amide bonds. The summed E-state index contributed by atoms with van der Waals surface area (Å²) in [5.74, 6) is 0.135. The van der Waals surface area contributed by atoms with Crippen LogP contribution in [0.1, 0.15) is 28.3 Å². The second kappa shape index (κ2) is 9.18. The van der Waals surface area contributed by atoms with Crippen LogP contribution in [0, 0.1) is 6.92 Å². The van der Waals surface area contributed by atoms with Gasteiger partial charge in [0.2, 0.25) is 5.11 Å². The molecule has 0 fully saturated rings. The van der Waals surface area contributed by atoms with Crippen molar-refractivity contribution in [1.29, 1.82) is 0 Å². The highest BCUT2D eigenvalue weighted by atomic mass is 32.2. The lowest BCUT2D eigenvalue weighted by molar-refractivity contribution is 0.148. The third kappa shape index (κ3) is 5.03. The first kappa shape index (κ1) is 22.1. The standard InChI is InChI=1S/C24H23N3O3S2/c1-16-11-12-17(13-25-16)15-32(2,29)27-23(31)26-24(28)30-14-22-20-9-5-3-7-18(20)19-8-4-6-10-21(19)22/h3-13,22H,14-15H2,1-2H3,(H,26,28,31).